The predicted molar refractivity (Wildman–Crippen MR) is 74.2 cm³/mol. The van der Waals surface area contributed by atoms with Crippen LogP contribution in [0.5, 0.6) is 0 Å². The highest BCUT2D eigenvalue weighted by Gasteiger charge is 2.17. The number of rotatable bonds is 3. The minimum absolute atomic E-state index is 0.184. The van der Waals surface area contributed by atoms with Gasteiger partial charge < -0.3 is 9.52 Å². The van der Waals surface area contributed by atoms with Crippen LogP contribution < -0.4 is 0 Å². The summed E-state index contributed by atoms with van der Waals surface area (Å²) in [5.74, 6) is -0.00233. The van der Waals surface area contributed by atoms with Gasteiger partial charge in [-0.2, -0.15) is 0 Å². The zero-order valence-electron chi connectivity index (χ0n) is 8.96. The first-order valence-corrected chi connectivity index (χ1v) is 7.00. The average molecular weight is 398 g/mol. The molecule has 0 spiro atoms. The summed E-state index contributed by atoms with van der Waals surface area (Å²) in [7, 11) is 0. The first-order valence-electron chi connectivity index (χ1n) is 5.04. The van der Waals surface area contributed by atoms with Crippen molar-refractivity contribution in [3.05, 3.63) is 55.6 Å². The van der Waals surface area contributed by atoms with Crippen LogP contribution in [0, 0.1) is 5.82 Å². The van der Waals surface area contributed by atoms with Crippen molar-refractivity contribution in [1.29, 1.82) is 0 Å². The van der Waals surface area contributed by atoms with Gasteiger partial charge in [0.1, 0.15) is 17.7 Å². The van der Waals surface area contributed by atoms with Crippen LogP contribution in [0.25, 0.3) is 0 Å². The molecule has 0 saturated carbocycles. The van der Waals surface area contributed by atoms with E-state index in [1.165, 1.54) is 18.2 Å². The van der Waals surface area contributed by atoms with Crippen molar-refractivity contribution in [2.45, 2.75) is 12.5 Å². The van der Waals surface area contributed by atoms with Crippen LogP contribution in [0.15, 0.2) is 37.8 Å². The summed E-state index contributed by atoms with van der Waals surface area (Å²) in [5.41, 5.74) is 0.535. The second-order valence-electron chi connectivity index (χ2n) is 3.73. The SMILES string of the molecule is OC(Cc1cc(F)ccc1Cl)c1cc(Br)c(Br)o1. The van der Waals surface area contributed by atoms with Crippen molar-refractivity contribution in [2.24, 2.45) is 0 Å². The normalized spacial score (nSPS) is 12.7. The lowest BCUT2D eigenvalue weighted by Gasteiger charge is -2.09. The van der Waals surface area contributed by atoms with Crippen LogP contribution in [0.1, 0.15) is 17.4 Å². The number of aliphatic hydroxyl groups is 1. The van der Waals surface area contributed by atoms with Crippen LogP contribution in [0.3, 0.4) is 0 Å². The van der Waals surface area contributed by atoms with Crippen LogP contribution in [-0.2, 0) is 6.42 Å². The van der Waals surface area contributed by atoms with E-state index in [2.05, 4.69) is 31.9 Å². The monoisotopic (exact) mass is 396 g/mol. The van der Waals surface area contributed by atoms with Gasteiger partial charge in [0, 0.05) is 11.4 Å². The van der Waals surface area contributed by atoms with Crippen molar-refractivity contribution in [1.82, 2.24) is 0 Å². The highest BCUT2D eigenvalue weighted by atomic mass is 79.9. The van der Waals surface area contributed by atoms with E-state index in [9.17, 15) is 9.50 Å². The third-order valence-corrected chi connectivity index (χ3v) is 4.49. The van der Waals surface area contributed by atoms with Crippen LogP contribution in [-0.4, -0.2) is 5.11 Å². The summed E-state index contributed by atoms with van der Waals surface area (Å²) in [6.45, 7) is 0. The smallest absolute Gasteiger partial charge is 0.183 e. The fraction of sp³-hybridized carbons (Fsp3) is 0.167. The quantitative estimate of drug-likeness (QED) is 0.800. The van der Waals surface area contributed by atoms with E-state index in [0.717, 1.165) is 0 Å². The molecule has 0 saturated heterocycles. The van der Waals surface area contributed by atoms with E-state index in [4.69, 9.17) is 16.0 Å². The molecule has 0 radical (unpaired) electrons. The molecule has 0 aliphatic heterocycles. The van der Waals surface area contributed by atoms with Gasteiger partial charge in [-0.25, -0.2) is 4.39 Å². The highest BCUT2D eigenvalue weighted by molar-refractivity contribution is 9.13. The summed E-state index contributed by atoms with van der Waals surface area (Å²) >= 11 is 12.4. The molecule has 1 N–H and O–H groups in total. The minimum Gasteiger partial charge on any atom is -0.450 e. The lowest BCUT2D eigenvalue weighted by atomic mass is 10.1. The topological polar surface area (TPSA) is 33.4 Å². The number of benzene rings is 1. The molecule has 18 heavy (non-hydrogen) atoms. The maximum atomic E-state index is 13.1. The second kappa shape index (κ2) is 5.74. The third kappa shape index (κ3) is 3.15. The first kappa shape index (κ1) is 14.1. The molecule has 6 heteroatoms. The molecular weight excluding hydrogens is 390 g/mol. The molecule has 2 rings (SSSR count). The van der Waals surface area contributed by atoms with E-state index < -0.39 is 6.10 Å². The molecule has 0 fully saturated rings. The van der Waals surface area contributed by atoms with Gasteiger partial charge >= 0.3 is 0 Å². The van der Waals surface area contributed by atoms with Crippen molar-refractivity contribution in [2.75, 3.05) is 0 Å². The van der Waals surface area contributed by atoms with Gasteiger partial charge in [-0.1, -0.05) is 11.6 Å². The molecule has 1 aromatic carbocycles. The van der Waals surface area contributed by atoms with Crippen molar-refractivity contribution >= 4 is 43.5 Å². The van der Waals surface area contributed by atoms with E-state index in [-0.39, 0.29) is 12.2 Å². The Hall–Kier alpha value is -0.360. The van der Waals surface area contributed by atoms with Crippen molar-refractivity contribution < 1.29 is 13.9 Å². The second-order valence-corrected chi connectivity index (χ2v) is 5.71. The Morgan fingerprint density at radius 3 is 2.67 bits per heavy atom. The van der Waals surface area contributed by atoms with Crippen molar-refractivity contribution in [3.8, 4) is 0 Å². The van der Waals surface area contributed by atoms with Gasteiger partial charge in [-0.3, -0.25) is 0 Å². The van der Waals surface area contributed by atoms with Gasteiger partial charge in [-0.15, -0.1) is 0 Å². The standard InChI is InChI=1S/C12H8Br2ClFO2/c13-8-5-11(18-12(8)14)10(17)4-6-3-7(16)1-2-9(6)15/h1-3,5,10,17H,4H2. The van der Waals surface area contributed by atoms with E-state index in [0.29, 0.717) is 25.5 Å². The van der Waals surface area contributed by atoms with Gasteiger partial charge in [0.05, 0.1) is 4.47 Å². The summed E-state index contributed by atoms with van der Waals surface area (Å²) in [5, 5.41) is 10.4. The number of halogens is 4. The Kier molecular flexibility index (Phi) is 4.48. The molecule has 1 atom stereocenters. The number of hydrogen-bond donors (Lipinski definition) is 1. The Balaban J connectivity index is 2.20. The maximum absolute atomic E-state index is 13.1. The van der Waals surface area contributed by atoms with E-state index in [1.807, 2.05) is 0 Å². The summed E-state index contributed by atoms with van der Waals surface area (Å²) in [4.78, 5) is 0. The van der Waals surface area contributed by atoms with Crippen molar-refractivity contribution in [3.63, 3.8) is 0 Å². The molecule has 2 nitrogen and oxygen atoms in total. The molecule has 0 aliphatic rings. The third-order valence-electron chi connectivity index (χ3n) is 2.41. The average Bonchev–Trinajstić information content (AvgIpc) is 2.64. The summed E-state index contributed by atoms with van der Waals surface area (Å²) in [6, 6.07) is 5.70. The van der Waals surface area contributed by atoms with Gasteiger partial charge in [-0.05, 0) is 61.7 Å². The van der Waals surface area contributed by atoms with Gasteiger partial charge in [0.15, 0.2) is 4.67 Å². The fourth-order valence-electron chi connectivity index (χ4n) is 1.54. The molecule has 2 aromatic rings. The minimum atomic E-state index is -0.883. The molecule has 96 valence electrons. The molecule has 1 heterocycles. The fourth-order valence-corrected chi connectivity index (χ4v) is 2.34. The largest absolute Gasteiger partial charge is 0.450 e. The summed E-state index contributed by atoms with van der Waals surface area (Å²) in [6.07, 6.45) is -0.699. The Labute approximate surface area is 125 Å². The van der Waals surface area contributed by atoms with Gasteiger partial charge in [0.2, 0.25) is 0 Å². The molecule has 0 aliphatic carbocycles. The molecule has 1 unspecified atom stereocenters. The zero-order valence-corrected chi connectivity index (χ0v) is 12.9. The summed E-state index contributed by atoms with van der Waals surface area (Å²) < 4.78 is 19.6. The van der Waals surface area contributed by atoms with E-state index >= 15 is 0 Å². The Morgan fingerprint density at radius 2 is 2.06 bits per heavy atom. The highest BCUT2D eigenvalue weighted by Crippen LogP contribution is 2.32. The zero-order chi connectivity index (χ0) is 13.3. The number of hydrogen-bond acceptors (Lipinski definition) is 2. The molecule has 1 aromatic heterocycles. The lowest BCUT2D eigenvalue weighted by molar-refractivity contribution is 0.148. The lowest BCUT2D eigenvalue weighted by Crippen LogP contribution is -2.01. The van der Waals surface area contributed by atoms with E-state index in [1.54, 1.807) is 6.07 Å². The van der Waals surface area contributed by atoms with Gasteiger partial charge in [0.25, 0.3) is 0 Å². The molecular formula is C12H8Br2ClFO2. The number of aliphatic hydroxyl groups excluding tert-OH is 1. The predicted octanol–water partition coefficient (Wildman–Crippen LogP) is 4.87. The Bertz CT molecular complexity index is 552. The number of furan rings is 1. The van der Waals surface area contributed by atoms with Crippen LogP contribution >= 0.6 is 43.5 Å². The first-order chi connectivity index (χ1) is 8.47. The molecule has 0 amide bonds. The maximum Gasteiger partial charge on any atom is 0.183 e. The Morgan fingerprint density at radius 1 is 1.33 bits per heavy atom. The van der Waals surface area contributed by atoms with Crippen LogP contribution in [0.2, 0.25) is 5.02 Å². The molecule has 0 bridgehead atoms. The van der Waals surface area contributed by atoms with Crippen LogP contribution in [0.4, 0.5) is 4.39 Å².